The molecule has 1 fully saturated rings. The van der Waals surface area contributed by atoms with Crippen LogP contribution >= 0.6 is 0 Å². The zero-order valence-corrected chi connectivity index (χ0v) is 14.8. The Morgan fingerprint density at radius 3 is 1.76 bits per heavy atom. The summed E-state index contributed by atoms with van der Waals surface area (Å²) in [6, 6.07) is 0.656. The molecule has 1 aliphatic rings. The van der Waals surface area contributed by atoms with Crippen LogP contribution < -0.4 is 0 Å². The van der Waals surface area contributed by atoms with Crippen LogP contribution in [0.25, 0.3) is 0 Å². The molecule has 1 aliphatic heterocycles. The van der Waals surface area contributed by atoms with Crippen molar-refractivity contribution in [2.75, 3.05) is 0 Å². The Hall–Kier alpha value is -1.31. The molecule has 1 aromatic rings. The molecule has 0 radical (unpaired) electrons. The second kappa shape index (κ2) is 5.47. The van der Waals surface area contributed by atoms with Crippen molar-refractivity contribution in [3.63, 3.8) is 0 Å². The molecule has 0 N–H and O–H groups in total. The highest BCUT2D eigenvalue weighted by atomic mass is 16.2. The van der Waals surface area contributed by atoms with Gasteiger partial charge >= 0.3 is 0 Å². The van der Waals surface area contributed by atoms with E-state index in [0.29, 0.717) is 11.9 Å². The molecule has 3 atom stereocenters. The molecule has 1 aromatic carbocycles. The van der Waals surface area contributed by atoms with Crippen LogP contribution in [0.4, 0.5) is 0 Å². The van der Waals surface area contributed by atoms with Gasteiger partial charge < -0.3 is 4.90 Å². The van der Waals surface area contributed by atoms with E-state index in [1.54, 1.807) is 0 Å². The number of benzene rings is 1. The second-order valence-electron chi connectivity index (χ2n) is 6.93. The topological polar surface area (TPSA) is 20.3 Å². The van der Waals surface area contributed by atoms with Gasteiger partial charge in [0.05, 0.1) is 5.92 Å². The van der Waals surface area contributed by atoms with Crippen molar-refractivity contribution in [1.82, 2.24) is 4.90 Å². The van der Waals surface area contributed by atoms with E-state index >= 15 is 0 Å². The molecule has 2 heteroatoms. The number of likely N-dealkylation sites (tertiary alicyclic amines) is 1. The van der Waals surface area contributed by atoms with Crippen LogP contribution in [0.3, 0.4) is 0 Å². The van der Waals surface area contributed by atoms with Crippen LogP contribution in [0.15, 0.2) is 0 Å². The molecule has 2 unspecified atom stereocenters. The summed E-state index contributed by atoms with van der Waals surface area (Å²) in [5.74, 6) is 0.502. The van der Waals surface area contributed by atoms with E-state index in [1.165, 1.54) is 33.4 Å². The maximum atomic E-state index is 12.1. The van der Waals surface area contributed by atoms with Gasteiger partial charge in [-0.15, -0.1) is 0 Å². The van der Waals surface area contributed by atoms with Crippen molar-refractivity contribution >= 4 is 5.91 Å². The molecule has 2 rings (SSSR count). The highest BCUT2D eigenvalue weighted by molar-refractivity contribution is 5.85. The standard InChI is InChI=1S/C19H29NO/c1-10(20-17(8)16(7)19(20)21)9-18-14(5)12(3)11(2)13(4)15(18)6/h10,16-17H,9H2,1-8H3/t10-,16?,17?/m0/s1. The summed E-state index contributed by atoms with van der Waals surface area (Å²) >= 11 is 0. The van der Waals surface area contributed by atoms with E-state index in [0.717, 1.165) is 6.42 Å². The number of nitrogens with zero attached hydrogens (tertiary/aromatic N) is 1. The molecular formula is C19H29NO. The Morgan fingerprint density at radius 2 is 1.33 bits per heavy atom. The molecular weight excluding hydrogens is 258 g/mol. The minimum absolute atomic E-state index is 0.191. The number of hydrogen-bond donors (Lipinski definition) is 0. The Labute approximate surface area is 129 Å². The first-order valence-corrected chi connectivity index (χ1v) is 8.06. The number of hydrogen-bond acceptors (Lipinski definition) is 1. The van der Waals surface area contributed by atoms with Gasteiger partial charge in [-0.05, 0) is 88.3 Å². The first-order valence-electron chi connectivity index (χ1n) is 8.06. The summed E-state index contributed by atoms with van der Waals surface area (Å²) in [6.07, 6.45) is 0.961. The molecule has 0 bridgehead atoms. The molecule has 1 heterocycles. The molecule has 1 saturated heterocycles. The summed E-state index contributed by atoms with van der Waals surface area (Å²) in [6.45, 7) is 17.5. The molecule has 1 amide bonds. The fraction of sp³-hybridized carbons (Fsp3) is 0.632. The van der Waals surface area contributed by atoms with Crippen LogP contribution in [-0.4, -0.2) is 22.9 Å². The van der Waals surface area contributed by atoms with E-state index in [4.69, 9.17) is 0 Å². The van der Waals surface area contributed by atoms with Crippen molar-refractivity contribution in [1.29, 1.82) is 0 Å². The zero-order chi connectivity index (χ0) is 16.1. The summed E-state index contributed by atoms with van der Waals surface area (Å²) in [7, 11) is 0. The number of β-lactam (4-membered cyclic amide) rings is 1. The van der Waals surface area contributed by atoms with Gasteiger partial charge in [-0.2, -0.15) is 0 Å². The second-order valence-corrected chi connectivity index (χ2v) is 6.93. The predicted molar refractivity (Wildman–Crippen MR) is 88.8 cm³/mol. The molecule has 0 saturated carbocycles. The summed E-state index contributed by atoms with van der Waals surface area (Å²) in [4.78, 5) is 14.2. The van der Waals surface area contributed by atoms with Crippen LogP contribution in [0.5, 0.6) is 0 Å². The largest absolute Gasteiger partial charge is 0.336 e. The lowest BCUT2D eigenvalue weighted by Crippen LogP contribution is -2.62. The molecule has 2 nitrogen and oxygen atoms in total. The lowest BCUT2D eigenvalue weighted by molar-refractivity contribution is -0.157. The first-order chi connectivity index (χ1) is 9.68. The third-order valence-corrected chi connectivity index (χ3v) is 5.94. The van der Waals surface area contributed by atoms with E-state index in [-0.39, 0.29) is 12.0 Å². The number of carbonyl (C=O) groups is 1. The summed E-state index contributed by atoms with van der Waals surface area (Å²) < 4.78 is 0. The highest BCUT2D eigenvalue weighted by Gasteiger charge is 2.43. The Morgan fingerprint density at radius 1 is 0.905 bits per heavy atom. The maximum Gasteiger partial charge on any atom is 0.227 e. The van der Waals surface area contributed by atoms with Gasteiger partial charge in [0.15, 0.2) is 0 Å². The summed E-state index contributed by atoms with van der Waals surface area (Å²) in [5, 5.41) is 0. The van der Waals surface area contributed by atoms with E-state index in [1.807, 2.05) is 6.92 Å². The average molecular weight is 287 g/mol. The van der Waals surface area contributed by atoms with Crippen LogP contribution in [0.2, 0.25) is 0 Å². The van der Waals surface area contributed by atoms with Crippen molar-refractivity contribution in [2.45, 2.75) is 73.9 Å². The number of amides is 1. The van der Waals surface area contributed by atoms with Gasteiger partial charge in [-0.25, -0.2) is 0 Å². The average Bonchev–Trinajstić information content (AvgIpc) is 2.47. The van der Waals surface area contributed by atoms with Crippen LogP contribution in [0.1, 0.15) is 54.2 Å². The number of carbonyl (C=O) groups excluding carboxylic acids is 1. The minimum atomic E-state index is 0.191. The molecule has 116 valence electrons. The lowest BCUT2D eigenvalue weighted by atomic mass is 9.84. The van der Waals surface area contributed by atoms with E-state index < -0.39 is 0 Å². The zero-order valence-electron chi connectivity index (χ0n) is 14.8. The van der Waals surface area contributed by atoms with Gasteiger partial charge in [0.2, 0.25) is 5.91 Å². The van der Waals surface area contributed by atoms with Gasteiger partial charge in [-0.1, -0.05) is 6.92 Å². The smallest absolute Gasteiger partial charge is 0.227 e. The van der Waals surface area contributed by atoms with E-state index in [2.05, 4.69) is 53.4 Å². The van der Waals surface area contributed by atoms with Crippen molar-refractivity contribution < 1.29 is 4.79 Å². The van der Waals surface area contributed by atoms with Crippen LogP contribution in [-0.2, 0) is 11.2 Å². The van der Waals surface area contributed by atoms with Gasteiger partial charge in [0, 0.05) is 12.1 Å². The first kappa shape index (κ1) is 16.1. The third kappa shape index (κ3) is 2.39. The molecule has 0 aliphatic carbocycles. The molecule has 0 spiro atoms. The van der Waals surface area contributed by atoms with Crippen LogP contribution in [0, 0.1) is 40.5 Å². The quantitative estimate of drug-likeness (QED) is 0.769. The predicted octanol–water partition coefficient (Wildman–Crippen LogP) is 4.03. The Bertz CT molecular complexity index is 559. The minimum Gasteiger partial charge on any atom is -0.336 e. The van der Waals surface area contributed by atoms with E-state index in [9.17, 15) is 4.79 Å². The fourth-order valence-corrected chi connectivity index (χ4v) is 3.70. The highest BCUT2D eigenvalue weighted by Crippen LogP contribution is 2.32. The normalized spacial score (nSPS) is 23.2. The monoisotopic (exact) mass is 287 g/mol. The SMILES string of the molecule is Cc1c(C)c(C)c(C[C@H](C)N2C(=O)C(C)C2C)c(C)c1C. The van der Waals surface area contributed by atoms with Gasteiger partial charge in [0.1, 0.15) is 0 Å². The molecule has 0 aromatic heterocycles. The van der Waals surface area contributed by atoms with Crippen molar-refractivity contribution in [3.05, 3.63) is 33.4 Å². The summed E-state index contributed by atoms with van der Waals surface area (Å²) in [5.41, 5.74) is 8.44. The Balaban J connectivity index is 2.31. The third-order valence-electron chi connectivity index (χ3n) is 5.94. The van der Waals surface area contributed by atoms with Gasteiger partial charge in [-0.3, -0.25) is 4.79 Å². The number of rotatable bonds is 3. The molecule has 21 heavy (non-hydrogen) atoms. The van der Waals surface area contributed by atoms with Crippen molar-refractivity contribution in [3.8, 4) is 0 Å². The fourth-order valence-electron chi connectivity index (χ4n) is 3.70. The van der Waals surface area contributed by atoms with Gasteiger partial charge in [0.25, 0.3) is 0 Å². The Kier molecular flexibility index (Phi) is 4.19. The van der Waals surface area contributed by atoms with Crippen molar-refractivity contribution in [2.24, 2.45) is 5.92 Å². The maximum absolute atomic E-state index is 12.1. The lowest BCUT2D eigenvalue weighted by Gasteiger charge is -2.48.